The van der Waals surface area contributed by atoms with E-state index in [0.29, 0.717) is 5.57 Å². The van der Waals surface area contributed by atoms with Gasteiger partial charge in [-0.2, -0.15) is 5.10 Å². The van der Waals surface area contributed by atoms with E-state index in [9.17, 15) is 4.79 Å². The standard InChI is InChI=1S/C8H14N2O/c1-7(6-11)5-8(2)9-10(3)4/h5-6H,1-4H3/b7-5+,9-8-. The lowest BCUT2D eigenvalue weighted by Gasteiger charge is -2.03. The van der Waals surface area contributed by atoms with Gasteiger partial charge in [0.25, 0.3) is 0 Å². The first-order valence-electron chi connectivity index (χ1n) is 3.42. The first kappa shape index (κ1) is 9.88. The van der Waals surface area contributed by atoms with Crippen molar-refractivity contribution in [2.75, 3.05) is 14.1 Å². The van der Waals surface area contributed by atoms with Crippen LogP contribution in [0.2, 0.25) is 0 Å². The van der Waals surface area contributed by atoms with Crippen LogP contribution in [-0.4, -0.2) is 31.1 Å². The molecule has 0 N–H and O–H groups in total. The largest absolute Gasteiger partial charge is 0.303 e. The van der Waals surface area contributed by atoms with Crippen molar-refractivity contribution in [1.82, 2.24) is 5.01 Å². The Labute approximate surface area is 67.4 Å². The highest BCUT2D eigenvalue weighted by atomic mass is 16.1. The van der Waals surface area contributed by atoms with E-state index in [2.05, 4.69) is 5.10 Å². The van der Waals surface area contributed by atoms with Crippen molar-refractivity contribution in [3.05, 3.63) is 11.6 Å². The summed E-state index contributed by atoms with van der Waals surface area (Å²) < 4.78 is 0. The molecule has 0 bridgehead atoms. The molecule has 0 saturated carbocycles. The first-order chi connectivity index (χ1) is 5.06. The summed E-state index contributed by atoms with van der Waals surface area (Å²) in [7, 11) is 3.68. The molecule has 3 heteroatoms. The SMILES string of the molecule is CC(/C=C(\C)C=O)=N/N(C)C. The summed E-state index contributed by atoms with van der Waals surface area (Å²) in [5.74, 6) is 0. The number of allylic oxidation sites excluding steroid dienone is 2. The highest BCUT2D eigenvalue weighted by molar-refractivity contribution is 5.96. The topological polar surface area (TPSA) is 32.7 Å². The van der Waals surface area contributed by atoms with Gasteiger partial charge in [-0.25, -0.2) is 0 Å². The van der Waals surface area contributed by atoms with Crippen molar-refractivity contribution in [2.24, 2.45) is 5.10 Å². The van der Waals surface area contributed by atoms with Gasteiger partial charge in [-0.05, 0) is 25.5 Å². The van der Waals surface area contributed by atoms with E-state index >= 15 is 0 Å². The second-order valence-corrected chi connectivity index (χ2v) is 2.59. The van der Waals surface area contributed by atoms with E-state index in [-0.39, 0.29) is 0 Å². The Balaban J connectivity index is 4.26. The minimum Gasteiger partial charge on any atom is -0.303 e. The summed E-state index contributed by atoms with van der Waals surface area (Å²) in [6.07, 6.45) is 2.56. The molecule has 62 valence electrons. The molecule has 0 spiro atoms. The molecule has 0 saturated heterocycles. The van der Waals surface area contributed by atoms with Crippen LogP contribution in [0.15, 0.2) is 16.8 Å². The third kappa shape index (κ3) is 5.33. The Morgan fingerprint density at radius 1 is 1.36 bits per heavy atom. The van der Waals surface area contributed by atoms with E-state index in [4.69, 9.17) is 0 Å². The second kappa shape index (κ2) is 4.66. The van der Waals surface area contributed by atoms with E-state index in [1.165, 1.54) is 0 Å². The Bertz CT molecular complexity index is 192. The lowest BCUT2D eigenvalue weighted by atomic mass is 10.2. The average molecular weight is 154 g/mol. The van der Waals surface area contributed by atoms with Gasteiger partial charge in [0.05, 0.1) is 5.71 Å². The van der Waals surface area contributed by atoms with Gasteiger partial charge in [0.15, 0.2) is 0 Å². The van der Waals surface area contributed by atoms with Gasteiger partial charge in [-0.3, -0.25) is 4.79 Å². The molecule has 0 fully saturated rings. The number of carbonyl (C=O) groups is 1. The molecule has 0 heterocycles. The maximum absolute atomic E-state index is 10.2. The number of aldehydes is 1. The minimum absolute atomic E-state index is 0.688. The van der Waals surface area contributed by atoms with E-state index in [0.717, 1.165) is 12.0 Å². The predicted molar refractivity (Wildman–Crippen MR) is 46.6 cm³/mol. The van der Waals surface area contributed by atoms with Crippen molar-refractivity contribution in [1.29, 1.82) is 0 Å². The second-order valence-electron chi connectivity index (χ2n) is 2.59. The number of hydrogen-bond acceptors (Lipinski definition) is 3. The molecule has 11 heavy (non-hydrogen) atoms. The summed E-state index contributed by atoms with van der Waals surface area (Å²) in [4.78, 5) is 10.2. The molecule has 0 aliphatic carbocycles. The van der Waals surface area contributed by atoms with Gasteiger partial charge < -0.3 is 5.01 Å². The number of rotatable bonds is 3. The first-order valence-corrected chi connectivity index (χ1v) is 3.42. The minimum atomic E-state index is 0.688. The molecule has 0 rings (SSSR count). The van der Waals surface area contributed by atoms with Crippen molar-refractivity contribution >= 4 is 12.0 Å². The van der Waals surface area contributed by atoms with Crippen LogP contribution in [0.1, 0.15) is 13.8 Å². The quantitative estimate of drug-likeness (QED) is 0.263. The third-order valence-electron chi connectivity index (χ3n) is 0.980. The molecule has 0 aromatic heterocycles. The van der Waals surface area contributed by atoms with Gasteiger partial charge in [0.2, 0.25) is 0 Å². The summed E-state index contributed by atoms with van der Waals surface area (Å²) in [5, 5.41) is 5.78. The van der Waals surface area contributed by atoms with Crippen LogP contribution in [-0.2, 0) is 4.79 Å². The smallest absolute Gasteiger partial charge is 0.145 e. The fraction of sp³-hybridized carbons (Fsp3) is 0.500. The van der Waals surface area contributed by atoms with E-state index in [1.807, 2.05) is 21.0 Å². The van der Waals surface area contributed by atoms with Crippen molar-refractivity contribution in [3.63, 3.8) is 0 Å². The number of hydrazone groups is 1. The normalized spacial score (nSPS) is 13.1. The van der Waals surface area contributed by atoms with Crippen LogP contribution < -0.4 is 0 Å². The molecule has 0 amide bonds. The average Bonchev–Trinajstić information content (AvgIpc) is 1.85. The van der Waals surface area contributed by atoms with Crippen molar-refractivity contribution < 1.29 is 4.79 Å². The molecule has 0 aromatic carbocycles. The summed E-state index contributed by atoms with van der Waals surface area (Å²) in [5.41, 5.74) is 1.52. The van der Waals surface area contributed by atoms with Gasteiger partial charge >= 0.3 is 0 Å². The summed E-state index contributed by atoms with van der Waals surface area (Å²) >= 11 is 0. The number of carbonyl (C=O) groups excluding carboxylic acids is 1. The zero-order chi connectivity index (χ0) is 8.85. The highest BCUT2D eigenvalue weighted by Crippen LogP contribution is 1.90. The molecule has 0 aromatic rings. The van der Waals surface area contributed by atoms with Crippen molar-refractivity contribution in [3.8, 4) is 0 Å². The Hall–Kier alpha value is -1.12. The van der Waals surface area contributed by atoms with Crippen LogP contribution >= 0.6 is 0 Å². The van der Waals surface area contributed by atoms with Crippen LogP contribution in [0.25, 0.3) is 0 Å². The summed E-state index contributed by atoms with van der Waals surface area (Å²) in [6.45, 7) is 3.61. The maximum Gasteiger partial charge on any atom is 0.145 e. The van der Waals surface area contributed by atoms with Crippen LogP contribution in [0.4, 0.5) is 0 Å². The van der Waals surface area contributed by atoms with Crippen LogP contribution in [0, 0.1) is 0 Å². The lowest BCUT2D eigenvalue weighted by Crippen LogP contribution is -2.05. The monoisotopic (exact) mass is 154 g/mol. The van der Waals surface area contributed by atoms with Crippen molar-refractivity contribution in [2.45, 2.75) is 13.8 Å². The molecule has 3 nitrogen and oxygen atoms in total. The van der Waals surface area contributed by atoms with Gasteiger partial charge in [-0.15, -0.1) is 0 Å². The lowest BCUT2D eigenvalue weighted by molar-refractivity contribution is -0.104. The molecule has 0 aliphatic rings. The Morgan fingerprint density at radius 3 is 2.27 bits per heavy atom. The number of hydrogen-bond donors (Lipinski definition) is 0. The fourth-order valence-corrected chi connectivity index (χ4v) is 0.708. The molecule has 0 radical (unpaired) electrons. The van der Waals surface area contributed by atoms with E-state index in [1.54, 1.807) is 18.0 Å². The van der Waals surface area contributed by atoms with Gasteiger partial charge in [-0.1, -0.05) is 0 Å². The molecular weight excluding hydrogens is 140 g/mol. The van der Waals surface area contributed by atoms with Gasteiger partial charge in [0, 0.05) is 14.1 Å². The van der Waals surface area contributed by atoms with E-state index < -0.39 is 0 Å². The highest BCUT2D eigenvalue weighted by Gasteiger charge is 1.88. The Morgan fingerprint density at radius 2 is 1.91 bits per heavy atom. The van der Waals surface area contributed by atoms with Gasteiger partial charge in [0.1, 0.15) is 6.29 Å². The molecule has 0 unspecified atom stereocenters. The third-order valence-corrected chi connectivity index (χ3v) is 0.980. The zero-order valence-electron chi connectivity index (χ0n) is 7.46. The fourth-order valence-electron chi connectivity index (χ4n) is 0.708. The maximum atomic E-state index is 10.2. The van der Waals surface area contributed by atoms with Crippen LogP contribution in [0.3, 0.4) is 0 Å². The molecular formula is C8H14N2O. The summed E-state index contributed by atoms with van der Waals surface area (Å²) in [6, 6.07) is 0. The zero-order valence-corrected chi connectivity index (χ0v) is 7.46. The number of nitrogens with zero attached hydrogens (tertiary/aromatic N) is 2. The predicted octanol–water partition coefficient (Wildman–Crippen LogP) is 1.07. The van der Waals surface area contributed by atoms with Crippen LogP contribution in [0.5, 0.6) is 0 Å². The Kier molecular flexibility index (Phi) is 4.18. The molecule has 0 atom stereocenters. The molecule has 0 aliphatic heterocycles.